The van der Waals surface area contributed by atoms with Crippen molar-refractivity contribution in [3.8, 4) is 11.5 Å². The lowest BCUT2D eigenvalue weighted by Crippen LogP contribution is -2.43. The lowest BCUT2D eigenvalue weighted by Gasteiger charge is -2.32. The van der Waals surface area contributed by atoms with E-state index in [1.807, 2.05) is 25.1 Å². The summed E-state index contributed by atoms with van der Waals surface area (Å²) < 4.78 is 16.5. The van der Waals surface area contributed by atoms with Gasteiger partial charge in [0.15, 0.2) is 11.4 Å². The third-order valence-electron chi connectivity index (χ3n) is 7.15. The van der Waals surface area contributed by atoms with Crippen LogP contribution in [0.5, 0.6) is 11.5 Å². The Balaban J connectivity index is 1.81. The molecule has 1 N–H and O–H groups in total. The van der Waals surface area contributed by atoms with Crippen LogP contribution in [0, 0.1) is 17.8 Å². The Morgan fingerprint density at radius 1 is 1.16 bits per heavy atom. The Labute approximate surface area is 225 Å². The third kappa shape index (κ3) is 8.04. The maximum absolute atomic E-state index is 13.3. The number of hydrogen-bond donors (Lipinski definition) is 1. The van der Waals surface area contributed by atoms with E-state index in [1.165, 1.54) is 31.9 Å². The first-order valence-electron chi connectivity index (χ1n) is 13.5. The number of carbonyl (C=O) groups excluding carboxylic acids is 3. The van der Waals surface area contributed by atoms with E-state index in [-0.39, 0.29) is 29.2 Å². The van der Waals surface area contributed by atoms with Crippen LogP contribution in [0.25, 0.3) is 0 Å². The van der Waals surface area contributed by atoms with E-state index in [0.717, 1.165) is 32.1 Å². The summed E-state index contributed by atoms with van der Waals surface area (Å²) in [5.41, 5.74) is 1.10. The highest BCUT2D eigenvalue weighted by molar-refractivity contribution is 5.98. The number of hydrogen-bond acceptors (Lipinski definition) is 7. The van der Waals surface area contributed by atoms with Gasteiger partial charge in [0.05, 0.1) is 7.11 Å². The largest absolute Gasteiger partial charge is 0.493 e. The first kappa shape index (κ1) is 29.1. The molecule has 1 aromatic carbocycles. The van der Waals surface area contributed by atoms with E-state index < -0.39 is 23.9 Å². The minimum absolute atomic E-state index is 0.0820. The number of nitrogens with zero attached hydrogens (tertiary/aromatic N) is 1. The Kier molecular flexibility index (Phi) is 10.7. The molecule has 1 aliphatic rings. The second kappa shape index (κ2) is 13.9. The highest BCUT2D eigenvalue weighted by atomic mass is 16.6. The van der Waals surface area contributed by atoms with Crippen molar-refractivity contribution < 1.29 is 28.6 Å². The molecule has 0 bridgehead atoms. The van der Waals surface area contributed by atoms with Crippen molar-refractivity contribution in [3.63, 3.8) is 0 Å². The van der Waals surface area contributed by atoms with Gasteiger partial charge in [-0.25, -0.2) is 9.78 Å². The van der Waals surface area contributed by atoms with Gasteiger partial charge in [-0.2, -0.15) is 0 Å². The zero-order chi connectivity index (χ0) is 27.7. The van der Waals surface area contributed by atoms with Crippen LogP contribution in [0.4, 0.5) is 0 Å². The number of benzene rings is 1. The van der Waals surface area contributed by atoms with Crippen molar-refractivity contribution in [1.29, 1.82) is 0 Å². The molecule has 3 rings (SSSR count). The molecule has 2 aromatic rings. The Morgan fingerprint density at radius 3 is 2.55 bits per heavy atom. The summed E-state index contributed by atoms with van der Waals surface area (Å²) in [6, 6.07) is 11.0. The van der Waals surface area contributed by atoms with Crippen molar-refractivity contribution in [1.82, 2.24) is 10.3 Å². The molecule has 1 aromatic heterocycles. The Hall–Kier alpha value is -3.42. The van der Waals surface area contributed by atoms with Crippen LogP contribution in [0.15, 0.2) is 42.6 Å². The van der Waals surface area contributed by atoms with Crippen LogP contribution in [-0.2, 0) is 20.7 Å². The fourth-order valence-electron chi connectivity index (χ4n) is 5.13. The number of aromatic nitrogens is 1. The maximum Gasteiger partial charge on any atom is 0.328 e. The summed E-state index contributed by atoms with van der Waals surface area (Å²) in [4.78, 5) is 42.2. The van der Waals surface area contributed by atoms with Gasteiger partial charge in [0.2, 0.25) is 5.75 Å². The number of rotatable bonds is 9. The zero-order valence-corrected chi connectivity index (χ0v) is 23.1. The highest BCUT2D eigenvalue weighted by Crippen LogP contribution is 2.34. The molecule has 8 nitrogen and oxygen atoms in total. The van der Waals surface area contributed by atoms with E-state index in [2.05, 4.69) is 36.3 Å². The zero-order valence-electron chi connectivity index (χ0n) is 23.1. The first-order chi connectivity index (χ1) is 18.2. The summed E-state index contributed by atoms with van der Waals surface area (Å²) in [6.45, 7) is 7.65. The number of carbonyl (C=O) groups is 3. The van der Waals surface area contributed by atoms with Gasteiger partial charge in [-0.3, -0.25) is 9.59 Å². The van der Waals surface area contributed by atoms with Crippen LogP contribution in [0.1, 0.15) is 75.9 Å². The topological polar surface area (TPSA) is 104 Å². The fraction of sp³-hybridized carbons (Fsp3) is 0.533. The van der Waals surface area contributed by atoms with Crippen molar-refractivity contribution in [2.24, 2.45) is 17.8 Å². The van der Waals surface area contributed by atoms with Crippen molar-refractivity contribution in [3.05, 3.63) is 53.9 Å². The van der Waals surface area contributed by atoms with Crippen LogP contribution >= 0.6 is 0 Å². The number of pyridine rings is 1. The average molecular weight is 525 g/mol. The monoisotopic (exact) mass is 524 g/mol. The quantitative estimate of drug-likeness (QED) is 0.453. The fourth-order valence-corrected chi connectivity index (χ4v) is 5.13. The normalized spacial score (nSPS) is 22.0. The molecule has 8 heteroatoms. The second-order valence-electron chi connectivity index (χ2n) is 10.5. The minimum Gasteiger partial charge on any atom is -0.493 e. The standard InChI is InChI=1S/C30H40N2O6/c1-19(2)14-15-23-12-9-13-25(30(35)37-20(3)24(23)18-22-10-7-6-8-11-22)32-29(34)27-28(38-21(4)33)26(36-5)16-17-31-27/h6-8,10-11,16-17,19-20,23-25H,9,12-15,18H2,1-5H3,(H,32,34). The van der Waals surface area contributed by atoms with E-state index in [9.17, 15) is 14.4 Å². The first-order valence-corrected chi connectivity index (χ1v) is 13.5. The molecule has 1 amide bonds. The lowest BCUT2D eigenvalue weighted by atomic mass is 9.77. The van der Waals surface area contributed by atoms with Crippen LogP contribution < -0.4 is 14.8 Å². The lowest BCUT2D eigenvalue weighted by molar-refractivity contribution is -0.154. The van der Waals surface area contributed by atoms with Gasteiger partial charge in [-0.1, -0.05) is 57.0 Å². The average Bonchev–Trinajstić information content (AvgIpc) is 2.93. The predicted octanol–water partition coefficient (Wildman–Crippen LogP) is 5.14. The molecule has 1 saturated heterocycles. The molecular formula is C30H40N2O6. The molecule has 38 heavy (non-hydrogen) atoms. The molecule has 0 radical (unpaired) electrons. The van der Waals surface area contributed by atoms with Gasteiger partial charge in [0.25, 0.3) is 5.91 Å². The Morgan fingerprint density at radius 2 is 1.89 bits per heavy atom. The maximum atomic E-state index is 13.3. The van der Waals surface area contributed by atoms with Crippen molar-refractivity contribution in [2.45, 2.75) is 78.4 Å². The van der Waals surface area contributed by atoms with Gasteiger partial charge in [-0.15, -0.1) is 0 Å². The Bertz CT molecular complexity index is 1090. The minimum atomic E-state index is -0.843. The number of cyclic esters (lactones) is 1. The summed E-state index contributed by atoms with van der Waals surface area (Å²) in [6.07, 6.45) is 6.22. The molecule has 1 aliphatic heterocycles. The number of methoxy groups -OCH3 is 1. The van der Waals surface area contributed by atoms with E-state index in [4.69, 9.17) is 14.2 Å². The molecule has 4 unspecified atom stereocenters. The van der Waals surface area contributed by atoms with E-state index in [1.54, 1.807) is 0 Å². The number of nitrogens with one attached hydrogen (secondary N) is 1. The van der Waals surface area contributed by atoms with Gasteiger partial charge in [0.1, 0.15) is 12.1 Å². The summed E-state index contributed by atoms with van der Waals surface area (Å²) in [7, 11) is 1.41. The van der Waals surface area contributed by atoms with Crippen LogP contribution in [-0.4, -0.2) is 42.1 Å². The summed E-state index contributed by atoms with van der Waals surface area (Å²) >= 11 is 0. The molecule has 0 aliphatic carbocycles. The predicted molar refractivity (Wildman–Crippen MR) is 144 cm³/mol. The number of esters is 2. The van der Waals surface area contributed by atoms with E-state index in [0.29, 0.717) is 18.3 Å². The van der Waals surface area contributed by atoms with Crippen molar-refractivity contribution in [2.75, 3.05) is 7.11 Å². The van der Waals surface area contributed by atoms with Gasteiger partial charge < -0.3 is 19.5 Å². The smallest absolute Gasteiger partial charge is 0.328 e. The van der Waals surface area contributed by atoms with E-state index >= 15 is 0 Å². The third-order valence-corrected chi connectivity index (χ3v) is 7.15. The molecule has 4 atom stereocenters. The number of amides is 1. The molecule has 2 heterocycles. The molecule has 0 spiro atoms. The molecule has 206 valence electrons. The molecule has 1 fully saturated rings. The highest BCUT2D eigenvalue weighted by Gasteiger charge is 2.35. The SMILES string of the molecule is COc1ccnc(C(=O)NC2CCCC(CCC(C)C)C(Cc3ccccc3)C(C)OC2=O)c1OC(C)=O. The van der Waals surface area contributed by atoms with Crippen molar-refractivity contribution >= 4 is 17.8 Å². The van der Waals surface area contributed by atoms with Gasteiger partial charge >= 0.3 is 11.9 Å². The van der Waals surface area contributed by atoms with Crippen LogP contribution in [0.3, 0.4) is 0 Å². The number of ether oxygens (including phenoxy) is 3. The second-order valence-corrected chi connectivity index (χ2v) is 10.5. The molecule has 0 saturated carbocycles. The summed E-state index contributed by atoms with van der Waals surface area (Å²) in [5.74, 6) is -0.443. The molecular weight excluding hydrogens is 484 g/mol. The van der Waals surface area contributed by atoms with Gasteiger partial charge in [-0.05, 0) is 50.0 Å². The van der Waals surface area contributed by atoms with Crippen LogP contribution in [0.2, 0.25) is 0 Å². The summed E-state index contributed by atoms with van der Waals surface area (Å²) in [5, 5.41) is 2.77. The van der Waals surface area contributed by atoms with Gasteiger partial charge in [0, 0.05) is 25.1 Å².